The normalized spacial score (nSPS) is 19.4. The van der Waals surface area contributed by atoms with Gasteiger partial charge in [-0.2, -0.15) is 0 Å². The monoisotopic (exact) mass is 243 g/mol. The fourth-order valence-corrected chi connectivity index (χ4v) is 2.28. The van der Waals surface area contributed by atoms with Crippen LogP contribution in [0.5, 0.6) is 0 Å². The standard InChI is InChI=1S/C14H29NO2/c1-2-3-4-5-6-7-10-15-13-14(16)8-11-17-12-9-14/h15-16H,2-13H2,1H3. The average molecular weight is 243 g/mol. The van der Waals surface area contributed by atoms with Crippen molar-refractivity contribution in [1.82, 2.24) is 5.32 Å². The van der Waals surface area contributed by atoms with Crippen molar-refractivity contribution in [3.63, 3.8) is 0 Å². The first-order valence-electron chi connectivity index (χ1n) is 7.28. The van der Waals surface area contributed by atoms with E-state index in [0.29, 0.717) is 13.2 Å². The van der Waals surface area contributed by atoms with E-state index in [0.717, 1.165) is 25.9 Å². The van der Waals surface area contributed by atoms with Crippen molar-refractivity contribution in [2.45, 2.75) is 63.9 Å². The molecule has 1 rings (SSSR count). The SMILES string of the molecule is CCCCCCCCNCC1(O)CCOCC1. The molecule has 2 N–H and O–H groups in total. The zero-order valence-corrected chi connectivity index (χ0v) is 11.3. The molecule has 102 valence electrons. The van der Waals surface area contributed by atoms with E-state index in [-0.39, 0.29) is 0 Å². The topological polar surface area (TPSA) is 41.5 Å². The van der Waals surface area contributed by atoms with Crippen LogP contribution in [0.3, 0.4) is 0 Å². The lowest BCUT2D eigenvalue weighted by molar-refractivity contribution is -0.0614. The lowest BCUT2D eigenvalue weighted by atomic mass is 9.94. The lowest BCUT2D eigenvalue weighted by Crippen LogP contribution is -2.45. The summed E-state index contributed by atoms with van der Waals surface area (Å²) in [5.74, 6) is 0. The molecule has 1 aliphatic rings. The Balaban J connectivity index is 1.89. The molecule has 1 aliphatic heterocycles. The number of hydrogen-bond donors (Lipinski definition) is 2. The number of nitrogens with one attached hydrogen (secondary N) is 1. The molecule has 0 amide bonds. The Labute approximate surface area is 106 Å². The average Bonchev–Trinajstić information content (AvgIpc) is 2.33. The zero-order valence-electron chi connectivity index (χ0n) is 11.3. The largest absolute Gasteiger partial charge is 0.388 e. The van der Waals surface area contributed by atoms with Crippen LogP contribution in [0.1, 0.15) is 58.3 Å². The smallest absolute Gasteiger partial charge is 0.0815 e. The summed E-state index contributed by atoms with van der Waals surface area (Å²) >= 11 is 0. The fourth-order valence-electron chi connectivity index (χ4n) is 2.28. The zero-order chi connectivity index (χ0) is 12.4. The first-order chi connectivity index (χ1) is 8.27. The van der Waals surface area contributed by atoms with Gasteiger partial charge in [0, 0.05) is 32.6 Å². The van der Waals surface area contributed by atoms with Gasteiger partial charge in [-0.25, -0.2) is 0 Å². The highest BCUT2D eigenvalue weighted by Crippen LogP contribution is 2.19. The van der Waals surface area contributed by atoms with E-state index in [1.54, 1.807) is 0 Å². The third-order valence-electron chi connectivity index (χ3n) is 3.58. The third kappa shape index (κ3) is 7.02. The molecule has 0 atom stereocenters. The maximum Gasteiger partial charge on any atom is 0.0815 e. The minimum Gasteiger partial charge on any atom is -0.388 e. The molecule has 1 saturated heterocycles. The van der Waals surface area contributed by atoms with Crippen LogP contribution in [0, 0.1) is 0 Å². The summed E-state index contributed by atoms with van der Waals surface area (Å²) in [5, 5.41) is 13.6. The highest BCUT2D eigenvalue weighted by Gasteiger charge is 2.28. The second kappa shape index (κ2) is 8.90. The molecule has 0 unspecified atom stereocenters. The van der Waals surface area contributed by atoms with Gasteiger partial charge in [0.1, 0.15) is 0 Å². The van der Waals surface area contributed by atoms with Gasteiger partial charge in [-0.15, -0.1) is 0 Å². The quantitative estimate of drug-likeness (QED) is 0.611. The van der Waals surface area contributed by atoms with Gasteiger partial charge < -0.3 is 15.2 Å². The van der Waals surface area contributed by atoms with E-state index in [1.165, 1.54) is 38.5 Å². The van der Waals surface area contributed by atoms with E-state index in [1.807, 2.05) is 0 Å². The van der Waals surface area contributed by atoms with Crippen molar-refractivity contribution in [3.8, 4) is 0 Å². The Kier molecular flexibility index (Phi) is 7.82. The molecule has 3 heteroatoms. The van der Waals surface area contributed by atoms with Gasteiger partial charge >= 0.3 is 0 Å². The molecule has 0 spiro atoms. The Hall–Kier alpha value is -0.120. The molecule has 1 heterocycles. The van der Waals surface area contributed by atoms with Crippen LogP contribution >= 0.6 is 0 Å². The van der Waals surface area contributed by atoms with E-state index in [2.05, 4.69) is 12.2 Å². The minimum atomic E-state index is -0.513. The first-order valence-corrected chi connectivity index (χ1v) is 7.28. The van der Waals surface area contributed by atoms with Crippen molar-refractivity contribution in [3.05, 3.63) is 0 Å². The maximum atomic E-state index is 10.2. The second-order valence-electron chi connectivity index (χ2n) is 5.28. The van der Waals surface area contributed by atoms with Crippen LogP contribution in [0.2, 0.25) is 0 Å². The molecule has 0 aliphatic carbocycles. The number of ether oxygens (including phenoxy) is 1. The summed E-state index contributed by atoms with van der Waals surface area (Å²) in [5.41, 5.74) is -0.513. The van der Waals surface area contributed by atoms with Gasteiger partial charge in [0.25, 0.3) is 0 Å². The Morgan fingerprint density at radius 1 is 1.06 bits per heavy atom. The molecule has 0 aromatic rings. The fraction of sp³-hybridized carbons (Fsp3) is 1.00. The summed E-state index contributed by atoms with van der Waals surface area (Å²) < 4.78 is 5.26. The molecule has 17 heavy (non-hydrogen) atoms. The van der Waals surface area contributed by atoms with Gasteiger partial charge in [0.15, 0.2) is 0 Å². The van der Waals surface area contributed by atoms with Crippen LogP contribution in [-0.2, 0) is 4.74 Å². The Morgan fingerprint density at radius 3 is 2.41 bits per heavy atom. The molecular formula is C14H29NO2. The van der Waals surface area contributed by atoms with Gasteiger partial charge in [-0.1, -0.05) is 39.0 Å². The molecular weight excluding hydrogens is 214 g/mol. The number of hydrogen-bond acceptors (Lipinski definition) is 3. The Bertz CT molecular complexity index is 179. The predicted octanol–water partition coefficient (Wildman–Crippen LogP) is 2.48. The van der Waals surface area contributed by atoms with Gasteiger partial charge in [0.2, 0.25) is 0 Å². The van der Waals surface area contributed by atoms with E-state index < -0.39 is 5.60 Å². The molecule has 3 nitrogen and oxygen atoms in total. The van der Waals surface area contributed by atoms with Gasteiger partial charge in [-0.05, 0) is 13.0 Å². The molecule has 0 bridgehead atoms. The highest BCUT2D eigenvalue weighted by molar-refractivity contribution is 4.83. The summed E-state index contributed by atoms with van der Waals surface area (Å²) in [4.78, 5) is 0. The maximum absolute atomic E-state index is 10.2. The van der Waals surface area contributed by atoms with Crippen LogP contribution in [-0.4, -0.2) is 37.0 Å². The number of aliphatic hydroxyl groups is 1. The van der Waals surface area contributed by atoms with Gasteiger partial charge in [0.05, 0.1) is 5.60 Å². The lowest BCUT2D eigenvalue weighted by Gasteiger charge is -2.32. The van der Waals surface area contributed by atoms with Crippen LogP contribution in [0.15, 0.2) is 0 Å². The summed E-state index contributed by atoms with van der Waals surface area (Å²) in [6.45, 7) is 5.42. The van der Waals surface area contributed by atoms with Crippen LogP contribution in [0.25, 0.3) is 0 Å². The van der Waals surface area contributed by atoms with E-state index in [4.69, 9.17) is 4.74 Å². The van der Waals surface area contributed by atoms with Crippen molar-refractivity contribution in [2.75, 3.05) is 26.3 Å². The van der Waals surface area contributed by atoms with Crippen LogP contribution in [0.4, 0.5) is 0 Å². The van der Waals surface area contributed by atoms with Crippen molar-refractivity contribution >= 4 is 0 Å². The molecule has 0 saturated carbocycles. The van der Waals surface area contributed by atoms with Crippen LogP contribution < -0.4 is 5.32 Å². The molecule has 1 fully saturated rings. The first kappa shape index (κ1) is 14.9. The third-order valence-corrected chi connectivity index (χ3v) is 3.58. The predicted molar refractivity (Wildman–Crippen MR) is 71.2 cm³/mol. The minimum absolute atomic E-state index is 0.513. The highest BCUT2D eigenvalue weighted by atomic mass is 16.5. The molecule has 0 aromatic carbocycles. The van der Waals surface area contributed by atoms with Crippen molar-refractivity contribution < 1.29 is 9.84 Å². The number of rotatable bonds is 9. The molecule has 0 radical (unpaired) electrons. The second-order valence-corrected chi connectivity index (χ2v) is 5.28. The Morgan fingerprint density at radius 2 is 1.71 bits per heavy atom. The molecule has 0 aromatic heterocycles. The summed E-state index contributed by atoms with van der Waals surface area (Å²) in [6.07, 6.45) is 9.50. The van der Waals surface area contributed by atoms with E-state index >= 15 is 0 Å². The van der Waals surface area contributed by atoms with Crippen molar-refractivity contribution in [2.24, 2.45) is 0 Å². The summed E-state index contributed by atoms with van der Waals surface area (Å²) in [7, 11) is 0. The van der Waals surface area contributed by atoms with E-state index in [9.17, 15) is 5.11 Å². The van der Waals surface area contributed by atoms with Gasteiger partial charge in [-0.3, -0.25) is 0 Å². The summed E-state index contributed by atoms with van der Waals surface area (Å²) in [6, 6.07) is 0. The number of unbranched alkanes of at least 4 members (excludes halogenated alkanes) is 5. The van der Waals surface area contributed by atoms with Crippen molar-refractivity contribution in [1.29, 1.82) is 0 Å².